The van der Waals surface area contributed by atoms with E-state index in [2.05, 4.69) is 0 Å². The Kier molecular flexibility index (Phi) is 4.21. The Morgan fingerprint density at radius 1 is 1.42 bits per heavy atom. The fraction of sp³-hybridized carbons (Fsp3) is 0.333. The summed E-state index contributed by atoms with van der Waals surface area (Å²) >= 11 is 7.39. The van der Waals surface area contributed by atoms with Crippen molar-refractivity contribution in [3.05, 3.63) is 28.8 Å². The SMILES string of the molecule is Nc1cc(Cl)cc(C(=O)N2CCSCC2C(=O)O)c1. The van der Waals surface area contributed by atoms with Crippen molar-refractivity contribution in [2.45, 2.75) is 6.04 Å². The second-order valence-corrected chi connectivity index (χ2v) is 5.79. The van der Waals surface area contributed by atoms with Crippen LogP contribution in [0.25, 0.3) is 0 Å². The van der Waals surface area contributed by atoms with Crippen LogP contribution in [-0.4, -0.2) is 46.0 Å². The van der Waals surface area contributed by atoms with Crippen molar-refractivity contribution in [2.24, 2.45) is 0 Å². The number of benzene rings is 1. The van der Waals surface area contributed by atoms with Gasteiger partial charge in [0.05, 0.1) is 0 Å². The van der Waals surface area contributed by atoms with Crippen LogP contribution in [0.15, 0.2) is 18.2 Å². The summed E-state index contributed by atoms with van der Waals surface area (Å²) in [5.74, 6) is -0.208. The van der Waals surface area contributed by atoms with E-state index in [9.17, 15) is 9.59 Å². The number of hydrogen-bond acceptors (Lipinski definition) is 4. The maximum atomic E-state index is 12.4. The molecular weight excluding hydrogens is 288 g/mol. The first kappa shape index (κ1) is 14.0. The maximum absolute atomic E-state index is 12.4. The van der Waals surface area contributed by atoms with Crippen LogP contribution in [-0.2, 0) is 4.79 Å². The predicted molar refractivity (Wildman–Crippen MR) is 75.6 cm³/mol. The summed E-state index contributed by atoms with van der Waals surface area (Å²) in [4.78, 5) is 24.9. The number of anilines is 1. The fourth-order valence-electron chi connectivity index (χ4n) is 1.95. The van der Waals surface area contributed by atoms with Crippen molar-refractivity contribution >= 4 is 40.9 Å². The molecule has 1 unspecified atom stereocenters. The average Bonchev–Trinajstić information content (AvgIpc) is 2.36. The van der Waals surface area contributed by atoms with Crippen molar-refractivity contribution in [3.63, 3.8) is 0 Å². The molecule has 1 aromatic carbocycles. The molecule has 1 aromatic rings. The highest BCUT2D eigenvalue weighted by Gasteiger charge is 2.32. The second-order valence-electron chi connectivity index (χ2n) is 4.20. The number of amides is 1. The van der Waals surface area contributed by atoms with Crippen LogP contribution in [0.4, 0.5) is 5.69 Å². The first-order valence-electron chi connectivity index (χ1n) is 5.66. The number of nitrogen functional groups attached to an aromatic ring is 1. The maximum Gasteiger partial charge on any atom is 0.327 e. The number of hydrogen-bond donors (Lipinski definition) is 2. The van der Waals surface area contributed by atoms with E-state index in [1.807, 2.05) is 0 Å². The molecule has 0 aliphatic carbocycles. The van der Waals surface area contributed by atoms with Gasteiger partial charge in [-0.25, -0.2) is 4.79 Å². The number of thioether (sulfide) groups is 1. The molecule has 5 nitrogen and oxygen atoms in total. The largest absolute Gasteiger partial charge is 0.480 e. The first-order valence-corrected chi connectivity index (χ1v) is 7.20. The van der Waals surface area contributed by atoms with E-state index in [1.54, 1.807) is 6.07 Å². The van der Waals surface area contributed by atoms with Gasteiger partial charge in [0, 0.05) is 34.3 Å². The molecular formula is C12H13ClN2O3S. The topological polar surface area (TPSA) is 83.6 Å². The van der Waals surface area contributed by atoms with Gasteiger partial charge in [-0.2, -0.15) is 11.8 Å². The Morgan fingerprint density at radius 2 is 2.16 bits per heavy atom. The van der Waals surface area contributed by atoms with Gasteiger partial charge in [-0.15, -0.1) is 0 Å². The van der Waals surface area contributed by atoms with Gasteiger partial charge in [0.15, 0.2) is 0 Å². The third-order valence-electron chi connectivity index (χ3n) is 2.84. The third kappa shape index (κ3) is 3.13. The van der Waals surface area contributed by atoms with Gasteiger partial charge in [0.2, 0.25) is 0 Å². The molecule has 0 saturated carbocycles. The molecule has 1 fully saturated rings. The zero-order chi connectivity index (χ0) is 14.0. The number of carbonyl (C=O) groups is 2. The molecule has 1 aliphatic heterocycles. The quantitative estimate of drug-likeness (QED) is 0.810. The molecule has 102 valence electrons. The Morgan fingerprint density at radius 3 is 2.79 bits per heavy atom. The van der Waals surface area contributed by atoms with Gasteiger partial charge >= 0.3 is 5.97 Å². The van der Waals surface area contributed by atoms with Gasteiger partial charge in [-0.1, -0.05) is 11.6 Å². The highest BCUT2D eigenvalue weighted by Crippen LogP contribution is 2.22. The molecule has 1 heterocycles. The molecule has 1 aliphatic rings. The number of rotatable bonds is 2. The highest BCUT2D eigenvalue weighted by molar-refractivity contribution is 7.99. The summed E-state index contributed by atoms with van der Waals surface area (Å²) in [6.45, 7) is 0.410. The average molecular weight is 301 g/mol. The minimum absolute atomic E-state index is 0.322. The summed E-state index contributed by atoms with van der Waals surface area (Å²) in [6, 6.07) is 3.75. The van der Waals surface area contributed by atoms with Crippen LogP contribution >= 0.6 is 23.4 Å². The molecule has 0 spiro atoms. The second kappa shape index (κ2) is 5.71. The zero-order valence-electron chi connectivity index (χ0n) is 10.0. The van der Waals surface area contributed by atoms with E-state index in [0.29, 0.717) is 28.6 Å². The van der Waals surface area contributed by atoms with E-state index < -0.39 is 12.0 Å². The molecule has 3 N–H and O–H groups in total. The number of nitrogens with two attached hydrogens (primary N) is 1. The summed E-state index contributed by atoms with van der Waals surface area (Å²) in [6.07, 6.45) is 0. The van der Waals surface area contributed by atoms with Gasteiger partial charge in [-0.05, 0) is 18.2 Å². The fourth-order valence-corrected chi connectivity index (χ4v) is 3.23. The number of carboxylic acids is 1. The van der Waals surface area contributed by atoms with Crippen molar-refractivity contribution in [2.75, 3.05) is 23.8 Å². The highest BCUT2D eigenvalue weighted by atomic mass is 35.5. The Balaban J connectivity index is 2.28. The third-order valence-corrected chi connectivity index (χ3v) is 4.08. The predicted octanol–water partition coefficient (Wildman–Crippen LogP) is 1.56. The van der Waals surface area contributed by atoms with Gasteiger partial charge in [0.25, 0.3) is 5.91 Å². The zero-order valence-corrected chi connectivity index (χ0v) is 11.6. The lowest BCUT2D eigenvalue weighted by atomic mass is 10.1. The van der Waals surface area contributed by atoms with E-state index in [0.717, 1.165) is 5.75 Å². The van der Waals surface area contributed by atoms with Crippen molar-refractivity contribution in [1.82, 2.24) is 4.90 Å². The van der Waals surface area contributed by atoms with E-state index in [4.69, 9.17) is 22.4 Å². The molecule has 0 bridgehead atoms. The van der Waals surface area contributed by atoms with Crippen LogP contribution in [0, 0.1) is 0 Å². The Hall–Kier alpha value is -1.40. The monoisotopic (exact) mass is 300 g/mol. The van der Waals surface area contributed by atoms with Crippen LogP contribution in [0.1, 0.15) is 10.4 Å². The van der Waals surface area contributed by atoms with Crippen molar-refractivity contribution in [3.8, 4) is 0 Å². The minimum Gasteiger partial charge on any atom is -0.480 e. The molecule has 2 rings (SSSR count). The molecule has 7 heteroatoms. The smallest absolute Gasteiger partial charge is 0.327 e. The Bertz CT molecular complexity index is 503. The lowest BCUT2D eigenvalue weighted by molar-refractivity contribution is -0.141. The lowest BCUT2D eigenvalue weighted by Gasteiger charge is -2.32. The number of halogens is 1. The van der Waals surface area contributed by atoms with Gasteiger partial charge in [-0.3, -0.25) is 4.79 Å². The summed E-state index contributed by atoms with van der Waals surface area (Å²) in [5, 5.41) is 9.52. The number of carboxylic acid groups (broad SMARTS) is 1. The van der Waals surface area contributed by atoms with Gasteiger partial charge < -0.3 is 15.7 Å². The lowest BCUT2D eigenvalue weighted by Crippen LogP contribution is -2.50. The summed E-state index contributed by atoms with van der Waals surface area (Å²) in [7, 11) is 0. The summed E-state index contributed by atoms with van der Waals surface area (Å²) < 4.78 is 0. The molecule has 1 amide bonds. The van der Waals surface area contributed by atoms with Crippen LogP contribution in [0.3, 0.4) is 0 Å². The molecule has 1 saturated heterocycles. The van der Waals surface area contributed by atoms with Crippen LogP contribution < -0.4 is 5.73 Å². The molecule has 0 aromatic heterocycles. The number of aliphatic carboxylic acids is 1. The van der Waals surface area contributed by atoms with E-state index >= 15 is 0 Å². The van der Waals surface area contributed by atoms with Gasteiger partial charge in [0.1, 0.15) is 6.04 Å². The number of nitrogens with zero attached hydrogens (tertiary/aromatic N) is 1. The molecule has 0 radical (unpaired) electrons. The summed E-state index contributed by atoms with van der Waals surface area (Å²) in [5.41, 5.74) is 6.35. The minimum atomic E-state index is -0.990. The number of carbonyl (C=O) groups excluding carboxylic acids is 1. The normalized spacial score (nSPS) is 19.2. The standard InChI is InChI=1S/C12H13ClN2O3S/c13-8-3-7(4-9(14)5-8)11(16)15-1-2-19-6-10(15)12(17)18/h3-5,10H,1-2,6,14H2,(H,17,18). The molecule has 1 atom stereocenters. The molecule has 19 heavy (non-hydrogen) atoms. The van der Waals surface area contributed by atoms with Crippen LogP contribution in [0.2, 0.25) is 5.02 Å². The Labute approximate surface area is 119 Å². The first-order chi connectivity index (χ1) is 8.99. The van der Waals surface area contributed by atoms with E-state index in [-0.39, 0.29) is 5.91 Å². The van der Waals surface area contributed by atoms with Crippen molar-refractivity contribution in [1.29, 1.82) is 0 Å². The van der Waals surface area contributed by atoms with Crippen LogP contribution in [0.5, 0.6) is 0 Å². The van der Waals surface area contributed by atoms with E-state index in [1.165, 1.54) is 28.8 Å². The van der Waals surface area contributed by atoms with Crippen molar-refractivity contribution < 1.29 is 14.7 Å².